The van der Waals surface area contributed by atoms with Crippen LogP contribution in [-0.2, 0) is 6.42 Å². The van der Waals surface area contributed by atoms with Gasteiger partial charge < -0.3 is 5.73 Å². The van der Waals surface area contributed by atoms with Gasteiger partial charge in [-0.1, -0.05) is 58.5 Å². The molecule has 0 aliphatic carbocycles. The van der Waals surface area contributed by atoms with Gasteiger partial charge in [0.15, 0.2) is 0 Å². The van der Waals surface area contributed by atoms with E-state index in [9.17, 15) is 0 Å². The predicted octanol–water partition coefficient (Wildman–Crippen LogP) is 5.60. The molecule has 2 rings (SSSR count). The molecule has 1 aromatic carbocycles. The van der Waals surface area contributed by atoms with Crippen LogP contribution >= 0.6 is 57.7 Å². The van der Waals surface area contributed by atoms with E-state index in [2.05, 4.69) is 0 Å². The number of benzene rings is 1. The van der Waals surface area contributed by atoms with E-state index in [1.54, 1.807) is 12.1 Å². The number of hydrogen-bond acceptors (Lipinski definition) is 2. The van der Waals surface area contributed by atoms with Crippen LogP contribution in [0.5, 0.6) is 0 Å². The van der Waals surface area contributed by atoms with Crippen LogP contribution in [0.3, 0.4) is 0 Å². The van der Waals surface area contributed by atoms with Crippen LogP contribution in [-0.4, -0.2) is 0 Å². The molecule has 0 radical (unpaired) electrons. The fourth-order valence-electron chi connectivity index (χ4n) is 1.66. The van der Waals surface area contributed by atoms with Gasteiger partial charge in [-0.2, -0.15) is 0 Å². The molecule has 0 bridgehead atoms. The molecule has 0 saturated carbocycles. The first-order valence-electron chi connectivity index (χ1n) is 5.12. The SMILES string of the molecule is NC(Cc1cccc(Cl)c1Cl)c1cc(Cl)sc1Cl. The highest BCUT2D eigenvalue weighted by Gasteiger charge is 2.16. The van der Waals surface area contributed by atoms with Crippen molar-refractivity contribution in [2.75, 3.05) is 0 Å². The third-order valence-electron chi connectivity index (χ3n) is 2.55. The molecule has 0 aliphatic heterocycles. The maximum atomic E-state index is 6.13. The number of hydrogen-bond donors (Lipinski definition) is 1. The molecule has 1 atom stereocenters. The van der Waals surface area contributed by atoms with Crippen molar-refractivity contribution in [2.45, 2.75) is 12.5 Å². The zero-order chi connectivity index (χ0) is 13.3. The summed E-state index contributed by atoms with van der Waals surface area (Å²) < 4.78 is 1.24. The first-order valence-corrected chi connectivity index (χ1v) is 7.45. The molecular weight excluding hydrogens is 332 g/mol. The Morgan fingerprint density at radius 1 is 1.17 bits per heavy atom. The van der Waals surface area contributed by atoms with Gasteiger partial charge in [0.05, 0.1) is 18.7 Å². The van der Waals surface area contributed by atoms with Gasteiger partial charge in [-0.3, -0.25) is 0 Å². The molecule has 18 heavy (non-hydrogen) atoms. The Morgan fingerprint density at radius 3 is 2.50 bits per heavy atom. The maximum absolute atomic E-state index is 6.13. The molecule has 1 unspecified atom stereocenters. The number of thiophene rings is 1. The van der Waals surface area contributed by atoms with Crippen LogP contribution in [0.2, 0.25) is 18.7 Å². The van der Waals surface area contributed by atoms with Crippen molar-refractivity contribution < 1.29 is 0 Å². The molecule has 0 amide bonds. The lowest BCUT2D eigenvalue weighted by atomic mass is 10.0. The van der Waals surface area contributed by atoms with E-state index in [0.717, 1.165) is 11.1 Å². The Morgan fingerprint density at radius 2 is 1.89 bits per heavy atom. The molecule has 2 N–H and O–H groups in total. The van der Waals surface area contributed by atoms with Gasteiger partial charge in [-0.15, -0.1) is 11.3 Å². The van der Waals surface area contributed by atoms with E-state index in [1.165, 1.54) is 11.3 Å². The second-order valence-corrected chi connectivity index (χ2v) is 6.87. The maximum Gasteiger partial charge on any atom is 0.0992 e. The van der Waals surface area contributed by atoms with Crippen LogP contribution in [0.1, 0.15) is 17.2 Å². The molecular formula is C12H9Cl4NS. The molecule has 0 fully saturated rings. The number of halogens is 4. The smallest absolute Gasteiger partial charge is 0.0992 e. The Kier molecular flexibility index (Phi) is 4.81. The van der Waals surface area contributed by atoms with Crippen molar-refractivity contribution in [3.05, 3.63) is 54.1 Å². The number of rotatable bonds is 3. The van der Waals surface area contributed by atoms with Crippen LogP contribution in [0.4, 0.5) is 0 Å². The van der Waals surface area contributed by atoms with Crippen molar-refractivity contribution in [3.8, 4) is 0 Å². The van der Waals surface area contributed by atoms with Crippen LogP contribution in [0.25, 0.3) is 0 Å². The lowest BCUT2D eigenvalue weighted by Crippen LogP contribution is -2.13. The summed E-state index contributed by atoms with van der Waals surface area (Å²) in [6.45, 7) is 0. The van der Waals surface area contributed by atoms with Crippen LogP contribution in [0.15, 0.2) is 24.3 Å². The molecule has 1 nitrogen and oxygen atoms in total. The molecule has 6 heteroatoms. The van der Waals surface area contributed by atoms with Gasteiger partial charge in [-0.25, -0.2) is 0 Å². The Bertz CT molecular complexity index is 567. The third-order valence-corrected chi connectivity index (χ3v) is 4.93. The Labute approximate surface area is 129 Å². The topological polar surface area (TPSA) is 26.0 Å². The van der Waals surface area contributed by atoms with Gasteiger partial charge >= 0.3 is 0 Å². The highest BCUT2D eigenvalue weighted by atomic mass is 35.5. The third kappa shape index (κ3) is 3.13. The van der Waals surface area contributed by atoms with E-state index in [-0.39, 0.29) is 6.04 Å². The summed E-state index contributed by atoms with van der Waals surface area (Å²) in [4.78, 5) is 0. The highest BCUT2D eigenvalue weighted by molar-refractivity contribution is 7.20. The second kappa shape index (κ2) is 6.00. The minimum absolute atomic E-state index is 0.253. The molecule has 1 heterocycles. The molecule has 1 aromatic heterocycles. The fourth-order valence-corrected chi connectivity index (χ4v) is 3.65. The summed E-state index contributed by atoms with van der Waals surface area (Å²) in [5, 5.41) is 1.06. The van der Waals surface area contributed by atoms with Gasteiger partial charge in [0.1, 0.15) is 0 Å². The van der Waals surface area contributed by atoms with Gasteiger partial charge in [0.2, 0.25) is 0 Å². The lowest BCUT2D eigenvalue weighted by Gasteiger charge is -2.12. The Hall–Kier alpha value is 0.0400. The van der Waals surface area contributed by atoms with Crippen molar-refractivity contribution in [2.24, 2.45) is 5.73 Å². The standard InChI is InChI=1S/C12H9Cl4NS/c13-8-3-1-2-6(11(8)15)4-9(17)7-5-10(14)18-12(7)16/h1-3,5,9H,4,17H2. The summed E-state index contributed by atoms with van der Waals surface area (Å²) in [6.07, 6.45) is 0.562. The molecule has 2 aromatic rings. The number of nitrogens with two attached hydrogens (primary N) is 1. The monoisotopic (exact) mass is 339 g/mol. The fraction of sp³-hybridized carbons (Fsp3) is 0.167. The summed E-state index contributed by atoms with van der Waals surface area (Å²) >= 11 is 25.4. The van der Waals surface area contributed by atoms with Gasteiger partial charge in [0.25, 0.3) is 0 Å². The highest BCUT2D eigenvalue weighted by Crippen LogP contribution is 2.36. The van der Waals surface area contributed by atoms with Crippen LogP contribution < -0.4 is 5.73 Å². The average molecular weight is 341 g/mol. The largest absolute Gasteiger partial charge is 0.324 e. The van der Waals surface area contributed by atoms with Crippen molar-refractivity contribution in [1.29, 1.82) is 0 Å². The summed E-state index contributed by atoms with van der Waals surface area (Å²) in [6, 6.07) is 7.02. The van der Waals surface area contributed by atoms with E-state index in [1.807, 2.05) is 12.1 Å². The molecule has 0 spiro atoms. The van der Waals surface area contributed by atoms with Crippen molar-refractivity contribution in [3.63, 3.8) is 0 Å². The van der Waals surface area contributed by atoms with Crippen molar-refractivity contribution >= 4 is 57.7 Å². The minimum Gasteiger partial charge on any atom is -0.324 e. The zero-order valence-electron chi connectivity index (χ0n) is 9.09. The normalized spacial score (nSPS) is 12.7. The summed E-state index contributed by atoms with van der Waals surface area (Å²) in [5.41, 5.74) is 7.86. The van der Waals surface area contributed by atoms with Crippen LogP contribution in [0, 0.1) is 0 Å². The first kappa shape index (κ1) is 14.4. The quantitative estimate of drug-likeness (QED) is 0.772. The lowest BCUT2D eigenvalue weighted by molar-refractivity contribution is 0.725. The zero-order valence-corrected chi connectivity index (χ0v) is 12.9. The van der Waals surface area contributed by atoms with E-state index >= 15 is 0 Å². The molecule has 96 valence electrons. The Balaban J connectivity index is 2.24. The van der Waals surface area contributed by atoms with Gasteiger partial charge in [-0.05, 0) is 24.1 Å². The van der Waals surface area contributed by atoms with Crippen molar-refractivity contribution in [1.82, 2.24) is 0 Å². The predicted molar refractivity (Wildman–Crippen MR) is 81.4 cm³/mol. The van der Waals surface area contributed by atoms with E-state index < -0.39 is 0 Å². The molecule has 0 aliphatic rings. The average Bonchev–Trinajstić information content (AvgIpc) is 2.64. The summed E-state index contributed by atoms with van der Waals surface area (Å²) in [7, 11) is 0. The first-order chi connectivity index (χ1) is 8.49. The van der Waals surface area contributed by atoms with E-state index in [0.29, 0.717) is 25.1 Å². The summed E-state index contributed by atoms with van der Waals surface area (Å²) in [5.74, 6) is 0. The van der Waals surface area contributed by atoms with Gasteiger partial charge in [0, 0.05) is 11.6 Å². The minimum atomic E-state index is -0.253. The second-order valence-electron chi connectivity index (χ2n) is 3.80. The molecule has 0 saturated heterocycles. The van der Waals surface area contributed by atoms with E-state index in [4.69, 9.17) is 52.1 Å².